The first-order valence-corrected chi connectivity index (χ1v) is 5.51. The molecule has 0 bridgehead atoms. The summed E-state index contributed by atoms with van der Waals surface area (Å²) < 4.78 is 14.6. The lowest BCUT2D eigenvalue weighted by molar-refractivity contribution is -0.137. The number of aryl methyl sites for hydroxylation is 1. The van der Waals surface area contributed by atoms with E-state index in [1.165, 1.54) is 16.8 Å². The molecule has 0 aliphatic heterocycles. The molecule has 18 heavy (non-hydrogen) atoms. The van der Waals surface area contributed by atoms with Crippen LogP contribution < -0.4 is 0 Å². The van der Waals surface area contributed by atoms with E-state index in [0.29, 0.717) is 11.3 Å². The fourth-order valence-corrected chi connectivity index (χ4v) is 2.04. The summed E-state index contributed by atoms with van der Waals surface area (Å²) in [5.74, 6) is -1.27. The maximum Gasteiger partial charge on any atom is 0.325 e. The monoisotopic (exact) mass is 248 g/mol. The Kier molecular flexibility index (Phi) is 3.14. The Morgan fingerprint density at radius 1 is 1.44 bits per heavy atom. The zero-order valence-corrected chi connectivity index (χ0v) is 10.1. The lowest BCUT2D eigenvalue weighted by Crippen LogP contribution is -2.11. The highest BCUT2D eigenvalue weighted by Gasteiger charge is 2.15. The Bertz CT molecular complexity index is 605. The molecule has 2 rings (SSSR count). The van der Waals surface area contributed by atoms with E-state index in [1.54, 1.807) is 26.0 Å². The number of nitrogens with zero attached hydrogens (tertiary/aromatic N) is 2. The van der Waals surface area contributed by atoms with Gasteiger partial charge < -0.3 is 5.11 Å². The first-order valence-electron chi connectivity index (χ1n) is 5.51. The maximum absolute atomic E-state index is 13.2. The van der Waals surface area contributed by atoms with Crippen LogP contribution in [0.5, 0.6) is 0 Å². The Morgan fingerprint density at radius 2 is 2.17 bits per heavy atom. The quantitative estimate of drug-likeness (QED) is 0.907. The third kappa shape index (κ3) is 2.25. The normalized spacial score (nSPS) is 10.6. The average Bonchev–Trinajstić information content (AvgIpc) is 2.53. The standard InChI is InChI=1S/C13H13FN2O2/c1-8-13(10-4-3-5-11(14)6-10)9(2)16(15-8)7-12(17)18/h3-6H,7H2,1-2H3,(H,17,18). The minimum atomic E-state index is -0.952. The van der Waals surface area contributed by atoms with Crippen molar-refractivity contribution >= 4 is 5.97 Å². The van der Waals surface area contributed by atoms with E-state index in [2.05, 4.69) is 5.10 Å². The number of carboxylic acid groups (broad SMARTS) is 1. The smallest absolute Gasteiger partial charge is 0.325 e. The fourth-order valence-electron chi connectivity index (χ4n) is 2.04. The highest BCUT2D eigenvalue weighted by molar-refractivity contribution is 5.70. The maximum atomic E-state index is 13.2. The second kappa shape index (κ2) is 4.60. The summed E-state index contributed by atoms with van der Waals surface area (Å²) in [6, 6.07) is 6.20. The van der Waals surface area contributed by atoms with Gasteiger partial charge in [0.15, 0.2) is 0 Å². The summed E-state index contributed by atoms with van der Waals surface area (Å²) in [5.41, 5.74) is 2.91. The molecular weight excluding hydrogens is 235 g/mol. The number of halogens is 1. The van der Waals surface area contributed by atoms with E-state index in [4.69, 9.17) is 5.11 Å². The molecule has 2 aromatic rings. The number of aromatic nitrogens is 2. The number of rotatable bonds is 3. The van der Waals surface area contributed by atoms with Gasteiger partial charge in [-0.25, -0.2) is 4.39 Å². The molecular formula is C13H13FN2O2. The van der Waals surface area contributed by atoms with Crippen LogP contribution in [-0.2, 0) is 11.3 Å². The van der Waals surface area contributed by atoms with E-state index >= 15 is 0 Å². The van der Waals surface area contributed by atoms with Crippen molar-refractivity contribution in [2.45, 2.75) is 20.4 Å². The first-order chi connectivity index (χ1) is 8.49. The fraction of sp³-hybridized carbons (Fsp3) is 0.231. The molecule has 0 atom stereocenters. The Labute approximate surface area is 104 Å². The average molecular weight is 248 g/mol. The highest BCUT2D eigenvalue weighted by Crippen LogP contribution is 2.27. The van der Waals surface area contributed by atoms with Gasteiger partial charge in [-0.2, -0.15) is 5.10 Å². The number of hydrogen-bond donors (Lipinski definition) is 1. The van der Waals surface area contributed by atoms with Crippen LogP contribution in [0.25, 0.3) is 11.1 Å². The van der Waals surface area contributed by atoms with Crippen LogP contribution in [0.1, 0.15) is 11.4 Å². The van der Waals surface area contributed by atoms with Gasteiger partial charge in [0.05, 0.1) is 5.69 Å². The lowest BCUT2D eigenvalue weighted by atomic mass is 10.0. The van der Waals surface area contributed by atoms with Crippen LogP contribution in [0.2, 0.25) is 0 Å². The summed E-state index contributed by atoms with van der Waals surface area (Å²) in [4.78, 5) is 10.7. The minimum absolute atomic E-state index is 0.192. The summed E-state index contributed by atoms with van der Waals surface area (Å²) in [5, 5.41) is 13.0. The number of carbonyl (C=O) groups is 1. The van der Waals surface area contributed by atoms with Crippen molar-refractivity contribution in [3.63, 3.8) is 0 Å². The molecule has 94 valence electrons. The zero-order chi connectivity index (χ0) is 13.3. The largest absolute Gasteiger partial charge is 0.480 e. The van der Waals surface area contributed by atoms with Gasteiger partial charge in [-0.1, -0.05) is 12.1 Å². The number of carboxylic acids is 1. The molecule has 1 aromatic carbocycles. The lowest BCUT2D eigenvalue weighted by Gasteiger charge is -2.03. The van der Waals surface area contributed by atoms with Crippen molar-refractivity contribution < 1.29 is 14.3 Å². The van der Waals surface area contributed by atoms with Crippen molar-refractivity contribution in [3.05, 3.63) is 41.5 Å². The summed E-state index contributed by atoms with van der Waals surface area (Å²) in [6.07, 6.45) is 0. The predicted molar refractivity (Wildman–Crippen MR) is 64.7 cm³/mol. The van der Waals surface area contributed by atoms with Crippen LogP contribution in [0.15, 0.2) is 24.3 Å². The van der Waals surface area contributed by atoms with E-state index < -0.39 is 5.97 Å². The Morgan fingerprint density at radius 3 is 2.78 bits per heavy atom. The molecule has 1 aromatic heterocycles. The van der Waals surface area contributed by atoms with Gasteiger partial charge in [0, 0.05) is 11.3 Å². The van der Waals surface area contributed by atoms with Gasteiger partial charge in [0.2, 0.25) is 0 Å². The van der Waals surface area contributed by atoms with Gasteiger partial charge in [-0.3, -0.25) is 9.48 Å². The van der Waals surface area contributed by atoms with Gasteiger partial charge in [0.25, 0.3) is 0 Å². The van der Waals surface area contributed by atoms with Gasteiger partial charge in [-0.05, 0) is 31.5 Å². The van der Waals surface area contributed by atoms with Crippen molar-refractivity contribution in [2.24, 2.45) is 0 Å². The van der Waals surface area contributed by atoms with Crippen LogP contribution in [0, 0.1) is 19.7 Å². The second-order valence-electron chi connectivity index (χ2n) is 4.11. The molecule has 0 unspecified atom stereocenters. The molecule has 0 saturated carbocycles. The molecule has 4 nitrogen and oxygen atoms in total. The van der Waals surface area contributed by atoms with Gasteiger partial charge in [-0.15, -0.1) is 0 Å². The second-order valence-corrected chi connectivity index (χ2v) is 4.11. The Balaban J connectivity index is 2.51. The topological polar surface area (TPSA) is 55.1 Å². The van der Waals surface area contributed by atoms with Crippen LogP contribution in [0.3, 0.4) is 0 Å². The van der Waals surface area contributed by atoms with Crippen LogP contribution in [-0.4, -0.2) is 20.9 Å². The van der Waals surface area contributed by atoms with Crippen LogP contribution in [0.4, 0.5) is 4.39 Å². The molecule has 0 spiro atoms. The predicted octanol–water partition coefficient (Wildman–Crippen LogP) is 2.39. The van der Waals surface area contributed by atoms with Crippen molar-refractivity contribution in [1.29, 1.82) is 0 Å². The highest BCUT2D eigenvalue weighted by atomic mass is 19.1. The van der Waals surface area contributed by atoms with E-state index in [1.807, 2.05) is 0 Å². The molecule has 0 saturated heterocycles. The van der Waals surface area contributed by atoms with Crippen molar-refractivity contribution in [2.75, 3.05) is 0 Å². The number of aliphatic carboxylic acids is 1. The molecule has 1 N–H and O–H groups in total. The molecule has 5 heteroatoms. The summed E-state index contributed by atoms with van der Waals surface area (Å²) in [6.45, 7) is 3.37. The minimum Gasteiger partial charge on any atom is -0.480 e. The molecule has 0 fully saturated rings. The van der Waals surface area contributed by atoms with E-state index in [-0.39, 0.29) is 12.4 Å². The Hall–Kier alpha value is -2.17. The van der Waals surface area contributed by atoms with Crippen LogP contribution >= 0.6 is 0 Å². The number of benzene rings is 1. The third-order valence-corrected chi connectivity index (χ3v) is 2.78. The molecule has 0 amide bonds. The molecule has 0 radical (unpaired) electrons. The molecule has 1 heterocycles. The van der Waals surface area contributed by atoms with E-state index in [0.717, 1.165) is 11.3 Å². The third-order valence-electron chi connectivity index (χ3n) is 2.78. The van der Waals surface area contributed by atoms with Gasteiger partial charge in [0.1, 0.15) is 12.4 Å². The van der Waals surface area contributed by atoms with Crippen molar-refractivity contribution in [1.82, 2.24) is 9.78 Å². The number of hydrogen-bond acceptors (Lipinski definition) is 2. The molecule has 0 aliphatic rings. The first kappa shape index (κ1) is 12.3. The van der Waals surface area contributed by atoms with Gasteiger partial charge >= 0.3 is 5.97 Å². The van der Waals surface area contributed by atoms with E-state index in [9.17, 15) is 9.18 Å². The summed E-state index contributed by atoms with van der Waals surface area (Å²) in [7, 11) is 0. The van der Waals surface area contributed by atoms with Crippen molar-refractivity contribution in [3.8, 4) is 11.1 Å². The molecule has 0 aliphatic carbocycles. The SMILES string of the molecule is Cc1nn(CC(=O)O)c(C)c1-c1cccc(F)c1. The zero-order valence-electron chi connectivity index (χ0n) is 10.1. The summed E-state index contributed by atoms with van der Waals surface area (Å²) >= 11 is 0.